The lowest BCUT2D eigenvalue weighted by atomic mass is 9.98. The second-order valence-electron chi connectivity index (χ2n) is 9.36. The number of likely N-dealkylation sites (tertiary alicyclic amines) is 1. The van der Waals surface area contributed by atoms with Crippen molar-refractivity contribution in [3.8, 4) is 5.69 Å². The Balaban J connectivity index is 1.43. The summed E-state index contributed by atoms with van der Waals surface area (Å²) in [6.45, 7) is 8.89. The number of rotatable bonds is 3. The number of fused-ring (bicyclic) bond motifs is 1. The number of nitrogens with zero attached hydrogens (tertiary/aromatic N) is 3. The van der Waals surface area contributed by atoms with Crippen molar-refractivity contribution in [1.82, 2.24) is 20.0 Å². The van der Waals surface area contributed by atoms with Crippen LogP contribution in [-0.4, -0.2) is 51.4 Å². The van der Waals surface area contributed by atoms with E-state index < -0.39 is 5.60 Å². The van der Waals surface area contributed by atoms with Crippen LogP contribution in [0, 0.1) is 18.8 Å². The van der Waals surface area contributed by atoms with Gasteiger partial charge in [0.15, 0.2) is 0 Å². The number of nitrogens with one attached hydrogen (secondary N) is 1. The van der Waals surface area contributed by atoms with Crippen molar-refractivity contribution in [1.29, 1.82) is 0 Å². The van der Waals surface area contributed by atoms with Crippen molar-refractivity contribution >= 4 is 12.0 Å². The number of para-hydroxylation sites is 1. The second kappa shape index (κ2) is 7.78. The number of ether oxygens (including phenoxy) is 1. The number of carbonyl (C=O) groups excluding carboxylic acids is 2. The highest BCUT2D eigenvalue weighted by Crippen LogP contribution is 2.39. The van der Waals surface area contributed by atoms with Crippen LogP contribution in [0.4, 0.5) is 4.79 Å². The number of alkyl carbamates (subject to hydrolysis) is 1. The highest BCUT2D eigenvalue weighted by molar-refractivity contribution is 5.95. The van der Waals surface area contributed by atoms with E-state index in [1.165, 1.54) is 0 Å². The molecule has 2 aromatic rings. The Hall–Kier alpha value is -2.83. The minimum absolute atomic E-state index is 0.0140. The van der Waals surface area contributed by atoms with E-state index in [-0.39, 0.29) is 24.0 Å². The van der Waals surface area contributed by atoms with Gasteiger partial charge in [0.1, 0.15) is 5.60 Å². The third-order valence-corrected chi connectivity index (χ3v) is 6.09. The molecule has 7 nitrogen and oxygen atoms in total. The number of aromatic nitrogens is 2. The minimum Gasteiger partial charge on any atom is -0.444 e. The lowest BCUT2D eigenvalue weighted by Crippen LogP contribution is -2.42. The number of benzene rings is 1. The molecular formula is C23H30N4O3. The van der Waals surface area contributed by atoms with Crippen molar-refractivity contribution in [2.75, 3.05) is 13.1 Å². The third-order valence-electron chi connectivity index (χ3n) is 6.09. The third kappa shape index (κ3) is 4.06. The van der Waals surface area contributed by atoms with Crippen molar-refractivity contribution in [2.24, 2.45) is 11.8 Å². The zero-order valence-electron chi connectivity index (χ0n) is 18.1. The average Bonchev–Trinajstić information content (AvgIpc) is 3.36. The number of hydrogen-bond donors (Lipinski definition) is 1. The van der Waals surface area contributed by atoms with Gasteiger partial charge in [0.05, 0.1) is 23.1 Å². The molecule has 1 saturated heterocycles. The van der Waals surface area contributed by atoms with Gasteiger partial charge in [0.25, 0.3) is 5.91 Å². The molecule has 2 aliphatic rings. The van der Waals surface area contributed by atoms with Gasteiger partial charge in [-0.3, -0.25) is 4.79 Å². The van der Waals surface area contributed by atoms with E-state index in [4.69, 9.17) is 4.74 Å². The Bertz CT molecular complexity index is 932. The Kier molecular flexibility index (Phi) is 5.30. The molecule has 0 bridgehead atoms. The number of amides is 2. The Labute approximate surface area is 177 Å². The van der Waals surface area contributed by atoms with Gasteiger partial charge < -0.3 is 15.0 Å². The van der Waals surface area contributed by atoms with Gasteiger partial charge >= 0.3 is 6.09 Å². The predicted molar refractivity (Wildman–Crippen MR) is 114 cm³/mol. The molecule has 2 fully saturated rings. The largest absolute Gasteiger partial charge is 0.444 e. The van der Waals surface area contributed by atoms with E-state index in [1.54, 1.807) is 10.9 Å². The molecule has 1 N–H and O–H groups in total. The monoisotopic (exact) mass is 410 g/mol. The van der Waals surface area contributed by atoms with Gasteiger partial charge in [-0.25, -0.2) is 9.48 Å². The first-order chi connectivity index (χ1) is 14.2. The average molecular weight is 411 g/mol. The van der Waals surface area contributed by atoms with Crippen molar-refractivity contribution in [3.63, 3.8) is 0 Å². The molecule has 30 heavy (non-hydrogen) atoms. The summed E-state index contributed by atoms with van der Waals surface area (Å²) in [5.74, 6) is 0.699. The first-order valence-corrected chi connectivity index (χ1v) is 10.6. The van der Waals surface area contributed by atoms with E-state index in [0.717, 1.165) is 30.8 Å². The van der Waals surface area contributed by atoms with E-state index >= 15 is 0 Å². The standard InChI is InChI=1S/C23H30N4O3/c1-15-18(12-24-27(15)17-8-6-5-7-9-17)21(28)26-13-16-10-11-20(19(16)14-26)25-22(29)30-23(2,3)4/h5-9,12,16,19-20H,10-11,13-14H2,1-4H3,(H,25,29). The Morgan fingerprint density at radius 1 is 1.13 bits per heavy atom. The fourth-order valence-electron chi connectivity index (χ4n) is 4.69. The summed E-state index contributed by atoms with van der Waals surface area (Å²) < 4.78 is 7.21. The van der Waals surface area contributed by atoms with Crippen LogP contribution in [0.25, 0.3) is 5.69 Å². The van der Waals surface area contributed by atoms with Crippen LogP contribution in [-0.2, 0) is 4.74 Å². The van der Waals surface area contributed by atoms with Crippen LogP contribution in [0.3, 0.4) is 0 Å². The molecule has 1 aliphatic carbocycles. The van der Waals surface area contributed by atoms with Gasteiger partial charge in [-0.05, 0) is 58.6 Å². The van der Waals surface area contributed by atoms with Gasteiger partial charge in [0.2, 0.25) is 0 Å². The second-order valence-corrected chi connectivity index (χ2v) is 9.36. The zero-order chi connectivity index (χ0) is 21.5. The summed E-state index contributed by atoms with van der Waals surface area (Å²) in [4.78, 5) is 27.3. The fraction of sp³-hybridized carbons (Fsp3) is 0.522. The molecule has 2 heterocycles. The molecule has 3 unspecified atom stereocenters. The quantitative estimate of drug-likeness (QED) is 0.839. The molecule has 7 heteroatoms. The molecular weight excluding hydrogens is 380 g/mol. The highest BCUT2D eigenvalue weighted by Gasteiger charge is 2.45. The van der Waals surface area contributed by atoms with E-state index in [9.17, 15) is 9.59 Å². The van der Waals surface area contributed by atoms with Crippen LogP contribution in [0.1, 0.15) is 49.7 Å². The zero-order valence-corrected chi connectivity index (χ0v) is 18.1. The topological polar surface area (TPSA) is 76.5 Å². The van der Waals surface area contributed by atoms with Crippen LogP contribution < -0.4 is 5.32 Å². The van der Waals surface area contributed by atoms with E-state index in [1.807, 2.05) is 62.9 Å². The lowest BCUT2D eigenvalue weighted by Gasteiger charge is -2.25. The first kappa shape index (κ1) is 20.4. The summed E-state index contributed by atoms with van der Waals surface area (Å²) in [6.07, 6.45) is 3.23. The molecule has 0 radical (unpaired) electrons. The fourth-order valence-corrected chi connectivity index (χ4v) is 4.69. The van der Waals surface area contributed by atoms with Crippen molar-refractivity contribution < 1.29 is 14.3 Å². The van der Waals surface area contributed by atoms with Crippen LogP contribution >= 0.6 is 0 Å². The smallest absolute Gasteiger partial charge is 0.407 e. The molecule has 0 spiro atoms. The summed E-state index contributed by atoms with van der Waals surface area (Å²) in [7, 11) is 0. The van der Waals surface area contributed by atoms with Crippen molar-refractivity contribution in [2.45, 2.75) is 52.2 Å². The maximum Gasteiger partial charge on any atom is 0.407 e. The maximum absolute atomic E-state index is 13.2. The van der Waals surface area contributed by atoms with Crippen molar-refractivity contribution in [3.05, 3.63) is 47.8 Å². The van der Waals surface area contributed by atoms with Gasteiger partial charge in [-0.1, -0.05) is 18.2 Å². The summed E-state index contributed by atoms with van der Waals surface area (Å²) in [6, 6.07) is 9.87. The van der Waals surface area contributed by atoms with E-state index in [2.05, 4.69) is 10.4 Å². The Morgan fingerprint density at radius 2 is 1.87 bits per heavy atom. The highest BCUT2D eigenvalue weighted by atomic mass is 16.6. The molecule has 1 saturated carbocycles. The first-order valence-electron chi connectivity index (χ1n) is 10.6. The lowest BCUT2D eigenvalue weighted by molar-refractivity contribution is 0.0491. The minimum atomic E-state index is -0.518. The van der Waals surface area contributed by atoms with Crippen LogP contribution in [0.2, 0.25) is 0 Å². The molecule has 1 aliphatic heterocycles. The molecule has 160 valence electrons. The van der Waals surface area contributed by atoms with Crippen LogP contribution in [0.5, 0.6) is 0 Å². The molecule has 3 atom stereocenters. The summed E-state index contributed by atoms with van der Waals surface area (Å²) >= 11 is 0. The van der Waals surface area contributed by atoms with Gasteiger partial charge in [-0.2, -0.15) is 5.10 Å². The van der Waals surface area contributed by atoms with E-state index in [0.29, 0.717) is 18.0 Å². The molecule has 1 aromatic carbocycles. The normalized spacial score (nSPS) is 23.3. The molecule has 1 aromatic heterocycles. The summed E-state index contributed by atoms with van der Waals surface area (Å²) in [5, 5.41) is 7.46. The molecule has 4 rings (SSSR count). The Morgan fingerprint density at radius 3 is 2.57 bits per heavy atom. The maximum atomic E-state index is 13.2. The number of carbonyl (C=O) groups is 2. The SMILES string of the molecule is Cc1c(C(=O)N2CC3CCC(NC(=O)OC(C)(C)C)C3C2)cnn1-c1ccccc1. The van der Waals surface area contributed by atoms with Gasteiger partial charge in [0, 0.05) is 25.0 Å². The number of hydrogen-bond acceptors (Lipinski definition) is 4. The molecule has 2 amide bonds. The van der Waals surface area contributed by atoms with Crippen LogP contribution in [0.15, 0.2) is 36.5 Å². The predicted octanol–water partition coefficient (Wildman–Crippen LogP) is 3.56. The summed E-state index contributed by atoms with van der Waals surface area (Å²) in [5.41, 5.74) is 1.90. The van der Waals surface area contributed by atoms with Gasteiger partial charge in [-0.15, -0.1) is 0 Å².